The Bertz CT molecular complexity index is 345. The molecule has 0 saturated carbocycles. The smallest absolute Gasteiger partial charge is 0.0235 e. The number of rotatable bonds is 2. The largest absolute Gasteiger partial charge is 0.312 e. The Hall–Kier alpha value is -0.380. The highest BCUT2D eigenvalue weighted by atomic mass is 79.9. The standard InChI is InChI=1S/C13H19BrN2/c1-10-5-12(7-13(14)6-10)9-16-4-3-15-11(2)8-16/h5-7,11,15H,3-4,8-9H2,1-2H3. The van der Waals surface area contributed by atoms with Gasteiger partial charge in [0, 0.05) is 36.7 Å². The maximum Gasteiger partial charge on any atom is 0.0235 e. The zero-order valence-electron chi connectivity index (χ0n) is 9.96. The molecule has 2 nitrogen and oxygen atoms in total. The van der Waals surface area contributed by atoms with Crippen molar-refractivity contribution in [3.8, 4) is 0 Å². The highest BCUT2D eigenvalue weighted by Gasteiger charge is 2.15. The first kappa shape index (κ1) is 12.1. The maximum atomic E-state index is 3.56. The molecule has 2 rings (SSSR count). The molecule has 0 spiro atoms. The molecule has 0 radical (unpaired) electrons. The van der Waals surface area contributed by atoms with E-state index in [1.165, 1.54) is 15.6 Å². The van der Waals surface area contributed by atoms with E-state index in [2.05, 4.69) is 58.2 Å². The van der Waals surface area contributed by atoms with E-state index < -0.39 is 0 Å². The third kappa shape index (κ3) is 3.30. The predicted octanol–water partition coefficient (Wildman–Crippen LogP) is 2.55. The number of halogens is 1. The number of benzene rings is 1. The van der Waals surface area contributed by atoms with Crippen molar-refractivity contribution >= 4 is 15.9 Å². The second-order valence-electron chi connectivity index (χ2n) is 4.73. The third-order valence-corrected chi connectivity index (χ3v) is 3.42. The molecule has 1 N–H and O–H groups in total. The van der Waals surface area contributed by atoms with Crippen LogP contribution in [0.5, 0.6) is 0 Å². The number of piperazine rings is 1. The molecule has 0 aromatic heterocycles. The van der Waals surface area contributed by atoms with Gasteiger partial charge in [0.1, 0.15) is 0 Å². The van der Waals surface area contributed by atoms with Crippen LogP contribution in [0.15, 0.2) is 22.7 Å². The molecule has 88 valence electrons. The van der Waals surface area contributed by atoms with Crippen LogP contribution in [-0.4, -0.2) is 30.6 Å². The summed E-state index contributed by atoms with van der Waals surface area (Å²) in [6.07, 6.45) is 0. The van der Waals surface area contributed by atoms with Gasteiger partial charge in [0.25, 0.3) is 0 Å². The van der Waals surface area contributed by atoms with Crippen LogP contribution in [0, 0.1) is 6.92 Å². The van der Waals surface area contributed by atoms with Crippen molar-refractivity contribution < 1.29 is 0 Å². The van der Waals surface area contributed by atoms with Gasteiger partial charge < -0.3 is 5.32 Å². The Balaban J connectivity index is 2.02. The van der Waals surface area contributed by atoms with Crippen molar-refractivity contribution in [3.05, 3.63) is 33.8 Å². The Morgan fingerprint density at radius 3 is 2.94 bits per heavy atom. The average molecular weight is 283 g/mol. The molecule has 1 heterocycles. The summed E-state index contributed by atoms with van der Waals surface area (Å²) in [6, 6.07) is 7.27. The van der Waals surface area contributed by atoms with Gasteiger partial charge in [0.05, 0.1) is 0 Å². The van der Waals surface area contributed by atoms with Crippen LogP contribution in [0.1, 0.15) is 18.1 Å². The number of nitrogens with zero attached hydrogens (tertiary/aromatic N) is 1. The molecular formula is C13H19BrN2. The lowest BCUT2D eigenvalue weighted by Crippen LogP contribution is -2.48. The fourth-order valence-electron chi connectivity index (χ4n) is 2.32. The summed E-state index contributed by atoms with van der Waals surface area (Å²) in [5.74, 6) is 0. The molecule has 1 unspecified atom stereocenters. The first-order chi connectivity index (χ1) is 7.63. The Kier molecular flexibility index (Phi) is 4.00. The maximum absolute atomic E-state index is 3.56. The van der Waals surface area contributed by atoms with E-state index in [4.69, 9.17) is 0 Å². The Labute approximate surface area is 106 Å². The lowest BCUT2D eigenvalue weighted by atomic mass is 10.1. The van der Waals surface area contributed by atoms with Gasteiger partial charge in [-0.1, -0.05) is 22.0 Å². The van der Waals surface area contributed by atoms with Crippen molar-refractivity contribution in [1.29, 1.82) is 0 Å². The van der Waals surface area contributed by atoms with Gasteiger partial charge >= 0.3 is 0 Å². The second-order valence-corrected chi connectivity index (χ2v) is 5.64. The summed E-state index contributed by atoms with van der Waals surface area (Å²) in [5.41, 5.74) is 2.73. The number of aryl methyl sites for hydroxylation is 1. The van der Waals surface area contributed by atoms with Gasteiger partial charge in [-0.3, -0.25) is 4.90 Å². The summed E-state index contributed by atoms with van der Waals surface area (Å²) in [7, 11) is 0. The molecule has 3 heteroatoms. The van der Waals surface area contributed by atoms with Crippen molar-refractivity contribution in [2.24, 2.45) is 0 Å². The van der Waals surface area contributed by atoms with E-state index >= 15 is 0 Å². The van der Waals surface area contributed by atoms with Crippen molar-refractivity contribution in [2.45, 2.75) is 26.4 Å². The minimum absolute atomic E-state index is 0.613. The first-order valence-electron chi connectivity index (χ1n) is 5.85. The van der Waals surface area contributed by atoms with Gasteiger partial charge in [-0.15, -0.1) is 0 Å². The highest BCUT2D eigenvalue weighted by Crippen LogP contribution is 2.17. The minimum Gasteiger partial charge on any atom is -0.312 e. The molecule has 0 bridgehead atoms. The molecule has 16 heavy (non-hydrogen) atoms. The van der Waals surface area contributed by atoms with Gasteiger partial charge in [0.2, 0.25) is 0 Å². The molecule has 1 aromatic rings. The van der Waals surface area contributed by atoms with E-state index in [0.717, 1.165) is 26.2 Å². The highest BCUT2D eigenvalue weighted by molar-refractivity contribution is 9.10. The summed E-state index contributed by atoms with van der Waals surface area (Å²) in [4.78, 5) is 2.52. The van der Waals surface area contributed by atoms with E-state index in [0.29, 0.717) is 6.04 Å². The lowest BCUT2D eigenvalue weighted by Gasteiger charge is -2.31. The van der Waals surface area contributed by atoms with Crippen LogP contribution in [-0.2, 0) is 6.54 Å². The van der Waals surface area contributed by atoms with Crippen LogP contribution >= 0.6 is 15.9 Å². The fraction of sp³-hybridized carbons (Fsp3) is 0.538. The van der Waals surface area contributed by atoms with Crippen LogP contribution < -0.4 is 5.32 Å². The number of hydrogen-bond acceptors (Lipinski definition) is 2. The Morgan fingerprint density at radius 1 is 1.44 bits per heavy atom. The van der Waals surface area contributed by atoms with Crippen LogP contribution in [0.2, 0.25) is 0 Å². The number of nitrogens with one attached hydrogen (secondary N) is 1. The second kappa shape index (κ2) is 5.30. The Morgan fingerprint density at radius 2 is 2.25 bits per heavy atom. The number of hydrogen-bond donors (Lipinski definition) is 1. The molecule has 1 fully saturated rings. The molecule has 0 amide bonds. The minimum atomic E-state index is 0.613. The molecule has 1 aliphatic heterocycles. The third-order valence-electron chi connectivity index (χ3n) is 2.96. The quantitative estimate of drug-likeness (QED) is 0.897. The van der Waals surface area contributed by atoms with Gasteiger partial charge in [-0.25, -0.2) is 0 Å². The molecule has 1 saturated heterocycles. The van der Waals surface area contributed by atoms with E-state index in [9.17, 15) is 0 Å². The predicted molar refractivity (Wildman–Crippen MR) is 71.6 cm³/mol. The van der Waals surface area contributed by atoms with Crippen molar-refractivity contribution in [1.82, 2.24) is 10.2 Å². The van der Waals surface area contributed by atoms with Crippen LogP contribution in [0.4, 0.5) is 0 Å². The van der Waals surface area contributed by atoms with Crippen LogP contribution in [0.3, 0.4) is 0 Å². The SMILES string of the molecule is Cc1cc(Br)cc(CN2CCNC(C)C2)c1. The van der Waals surface area contributed by atoms with Gasteiger partial charge in [-0.05, 0) is 37.1 Å². The zero-order chi connectivity index (χ0) is 11.5. The average Bonchev–Trinajstić information content (AvgIpc) is 2.15. The molecule has 1 aromatic carbocycles. The van der Waals surface area contributed by atoms with E-state index in [-0.39, 0.29) is 0 Å². The molecule has 1 aliphatic rings. The summed E-state index contributed by atoms with van der Waals surface area (Å²) < 4.78 is 1.19. The first-order valence-corrected chi connectivity index (χ1v) is 6.64. The molecule has 1 atom stereocenters. The summed E-state index contributed by atoms with van der Waals surface area (Å²) in [5, 5.41) is 3.47. The molecular weight excluding hydrogens is 264 g/mol. The monoisotopic (exact) mass is 282 g/mol. The van der Waals surface area contributed by atoms with Gasteiger partial charge in [0.15, 0.2) is 0 Å². The fourth-order valence-corrected chi connectivity index (χ4v) is 2.97. The van der Waals surface area contributed by atoms with Crippen LogP contribution in [0.25, 0.3) is 0 Å². The van der Waals surface area contributed by atoms with Crippen molar-refractivity contribution in [3.63, 3.8) is 0 Å². The van der Waals surface area contributed by atoms with E-state index in [1.54, 1.807) is 0 Å². The topological polar surface area (TPSA) is 15.3 Å². The summed E-state index contributed by atoms with van der Waals surface area (Å²) in [6.45, 7) is 8.86. The zero-order valence-corrected chi connectivity index (χ0v) is 11.5. The van der Waals surface area contributed by atoms with Gasteiger partial charge in [-0.2, -0.15) is 0 Å². The van der Waals surface area contributed by atoms with E-state index in [1.807, 2.05) is 0 Å². The van der Waals surface area contributed by atoms with Crippen molar-refractivity contribution in [2.75, 3.05) is 19.6 Å². The summed E-state index contributed by atoms with van der Waals surface area (Å²) >= 11 is 3.56. The normalized spacial score (nSPS) is 22.3. The lowest BCUT2D eigenvalue weighted by molar-refractivity contribution is 0.199. The molecule has 0 aliphatic carbocycles.